The predicted octanol–water partition coefficient (Wildman–Crippen LogP) is 0.735. The molecule has 2 heterocycles. The van der Waals surface area contributed by atoms with Gasteiger partial charge in [-0.25, -0.2) is 0 Å². The molecule has 1 aromatic rings. The van der Waals surface area contributed by atoms with Gasteiger partial charge in [0, 0.05) is 19.0 Å². The van der Waals surface area contributed by atoms with Gasteiger partial charge in [-0.15, -0.1) is 11.8 Å². The molecule has 10 heteroatoms. The van der Waals surface area contributed by atoms with E-state index in [1.165, 1.54) is 0 Å². The van der Waals surface area contributed by atoms with Crippen molar-refractivity contribution in [3.05, 3.63) is 11.8 Å². The Bertz CT molecular complexity index is 674. The second-order valence-corrected chi connectivity index (χ2v) is 6.80. The Balaban J connectivity index is 1.67. The molecule has 3 amide bonds. The Kier molecular flexibility index (Phi) is 6.57. The Morgan fingerprint density at radius 2 is 2.24 bits per heavy atom. The number of amides is 3. The smallest absolute Gasteiger partial charge is 0.316 e. The summed E-state index contributed by atoms with van der Waals surface area (Å²) in [4.78, 5) is 47.9. The number of anilines is 1. The number of ether oxygens (including phenoxy) is 1. The summed E-state index contributed by atoms with van der Waals surface area (Å²) in [5, 5.41) is 5.68. The maximum atomic E-state index is 11.9. The number of aryl methyl sites for hydroxylation is 1. The average molecular weight is 369 g/mol. The van der Waals surface area contributed by atoms with Crippen LogP contribution in [0.25, 0.3) is 0 Å². The minimum Gasteiger partial charge on any atom is -0.455 e. The molecule has 2 rings (SSSR count). The van der Waals surface area contributed by atoms with E-state index in [4.69, 9.17) is 9.26 Å². The summed E-state index contributed by atoms with van der Waals surface area (Å²) in [5.41, 5.74) is 0. The van der Waals surface area contributed by atoms with E-state index in [0.29, 0.717) is 31.0 Å². The van der Waals surface area contributed by atoms with E-state index in [0.717, 1.165) is 16.7 Å². The number of likely N-dealkylation sites (tertiary alicyclic amines) is 1. The van der Waals surface area contributed by atoms with Crippen LogP contribution in [0.15, 0.2) is 10.6 Å². The van der Waals surface area contributed by atoms with Gasteiger partial charge in [-0.2, -0.15) is 0 Å². The van der Waals surface area contributed by atoms with Crippen LogP contribution in [0, 0.1) is 6.92 Å². The van der Waals surface area contributed by atoms with Crippen molar-refractivity contribution in [2.24, 2.45) is 0 Å². The molecule has 0 aromatic carbocycles. The summed E-state index contributed by atoms with van der Waals surface area (Å²) in [6, 6.07) is 1.58. The minimum atomic E-state index is -0.623. The van der Waals surface area contributed by atoms with Gasteiger partial charge in [-0.3, -0.25) is 24.1 Å². The van der Waals surface area contributed by atoms with Crippen LogP contribution in [0.4, 0.5) is 5.82 Å². The maximum Gasteiger partial charge on any atom is 0.316 e. The van der Waals surface area contributed by atoms with E-state index in [9.17, 15) is 19.2 Å². The third-order valence-corrected chi connectivity index (χ3v) is 4.55. The molecule has 136 valence electrons. The lowest BCUT2D eigenvalue weighted by Gasteiger charge is -2.14. The molecule has 25 heavy (non-hydrogen) atoms. The average Bonchev–Trinajstić information content (AvgIpc) is 3.18. The fourth-order valence-corrected chi connectivity index (χ4v) is 2.78. The molecule has 0 bridgehead atoms. The zero-order chi connectivity index (χ0) is 18.4. The van der Waals surface area contributed by atoms with Crippen LogP contribution in [-0.2, 0) is 23.9 Å². The van der Waals surface area contributed by atoms with Crippen molar-refractivity contribution >= 4 is 41.3 Å². The number of nitrogens with zero attached hydrogens (tertiary/aromatic N) is 2. The summed E-state index contributed by atoms with van der Waals surface area (Å²) in [6.45, 7) is 3.23. The predicted molar refractivity (Wildman–Crippen MR) is 88.7 cm³/mol. The highest BCUT2D eigenvalue weighted by atomic mass is 32.2. The molecule has 1 aliphatic rings. The maximum absolute atomic E-state index is 11.9. The van der Waals surface area contributed by atoms with Crippen LogP contribution in [0.2, 0.25) is 0 Å². The largest absolute Gasteiger partial charge is 0.455 e. The van der Waals surface area contributed by atoms with Crippen molar-refractivity contribution < 1.29 is 28.4 Å². The highest BCUT2D eigenvalue weighted by Crippen LogP contribution is 2.15. The van der Waals surface area contributed by atoms with E-state index in [1.54, 1.807) is 19.9 Å². The molecule has 0 saturated carbocycles. The molecule has 1 atom stereocenters. The highest BCUT2D eigenvalue weighted by Gasteiger charge is 2.27. The summed E-state index contributed by atoms with van der Waals surface area (Å²) in [6.07, 6.45) is 0.971. The summed E-state index contributed by atoms with van der Waals surface area (Å²) < 4.78 is 9.70. The zero-order valence-corrected chi connectivity index (χ0v) is 14.8. The monoisotopic (exact) mass is 369 g/mol. The van der Waals surface area contributed by atoms with Gasteiger partial charge >= 0.3 is 5.97 Å². The van der Waals surface area contributed by atoms with Gasteiger partial charge in [0.05, 0.1) is 11.0 Å². The topological polar surface area (TPSA) is 119 Å². The second-order valence-electron chi connectivity index (χ2n) is 5.47. The lowest BCUT2D eigenvalue weighted by molar-refractivity contribution is -0.153. The first-order chi connectivity index (χ1) is 11.9. The number of carbonyl (C=O) groups is 4. The fourth-order valence-electron chi connectivity index (χ4n) is 2.10. The van der Waals surface area contributed by atoms with Crippen molar-refractivity contribution in [2.45, 2.75) is 31.9 Å². The Morgan fingerprint density at radius 1 is 1.48 bits per heavy atom. The molecule has 1 aliphatic heterocycles. The standard InChI is InChI=1S/C15H19N3O6S/c1-9-6-11(17-24-9)16-15(22)10(2)25-8-14(21)23-7-13(20)18-5-3-4-12(18)19/h6,10H,3-5,7-8H2,1-2H3,(H,16,17,22)/t10-/m0/s1. The number of hydrogen-bond donors (Lipinski definition) is 1. The molecule has 0 spiro atoms. The van der Waals surface area contributed by atoms with Crippen LogP contribution >= 0.6 is 11.8 Å². The molecule has 9 nitrogen and oxygen atoms in total. The lowest BCUT2D eigenvalue weighted by atomic mass is 10.4. The molecule has 0 radical (unpaired) electrons. The van der Waals surface area contributed by atoms with Crippen LogP contribution in [0.1, 0.15) is 25.5 Å². The zero-order valence-electron chi connectivity index (χ0n) is 13.9. The van der Waals surface area contributed by atoms with Gasteiger partial charge in [-0.05, 0) is 20.3 Å². The van der Waals surface area contributed by atoms with Crippen molar-refractivity contribution in [3.63, 3.8) is 0 Å². The van der Waals surface area contributed by atoms with E-state index in [2.05, 4.69) is 10.5 Å². The van der Waals surface area contributed by atoms with E-state index < -0.39 is 23.7 Å². The minimum absolute atomic E-state index is 0.0896. The van der Waals surface area contributed by atoms with Crippen molar-refractivity contribution in [1.82, 2.24) is 10.1 Å². The molecule has 1 saturated heterocycles. The van der Waals surface area contributed by atoms with Gasteiger partial charge < -0.3 is 14.6 Å². The number of hydrogen-bond acceptors (Lipinski definition) is 8. The first kappa shape index (κ1) is 19.0. The van der Waals surface area contributed by atoms with E-state index >= 15 is 0 Å². The Labute approximate surface area is 148 Å². The fraction of sp³-hybridized carbons (Fsp3) is 0.533. The summed E-state index contributed by atoms with van der Waals surface area (Å²) >= 11 is 1.07. The second kappa shape index (κ2) is 8.65. The van der Waals surface area contributed by atoms with Gasteiger partial charge in [0.15, 0.2) is 12.4 Å². The molecule has 1 N–H and O–H groups in total. The molecule has 1 aromatic heterocycles. The lowest BCUT2D eigenvalue weighted by Crippen LogP contribution is -2.35. The molecular weight excluding hydrogens is 350 g/mol. The third-order valence-electron chi connectivity index (χ3n) is 3.43. The van der Waals surface area contributed by atoms with Gasteiger partial charge in [0.1, 0.15) is 5.76 Å². The van der Waals surface area contributed by atoms with Crippen LogP contribution < -0.4 is 5.32 Å². The number of nitrogens with one attached hydrogen (secondary N) is 1. The highest BCUT2D eigenvalue weighted by molar-refractivity contribution is 8.01. The number of esters is 1. The quantitative estimate of drug-likeness (QED) is 0.699. The number of imide groups is 1. The van der Waals surface area contributed by atoms with Crippen LogP contribution in [0.5, 0.6) is 0 Å². The SMILES string of the molecule is Cc1cc(NC(=O)[C@H](C)SCC(=O)OCC(=O)N2CCCC2=O)no1. The van der Waals surface area contributed by atoms with Crippen molar-refractivity contribution in [1.29, 1.82) is 0 Å². The first-order valence-corrected chi connectivity index (χ1v) is 8.76. The number of aromatic nitrogens is 1. The van der Waals surface area contributed by atoms with Crippen molar-refractivity contribution in [2.75, 3.05) is 24.2 Å². The first-order valence-electron chi connectivity index (χ1n) is 7.71. The van der Waals surface area contributed by atoms with Gasteiger partial charge in [0.25, 0.3) is 5.91 Å². The van der Waals surface area contributed by atoms with Gasteiger partial charge in [0.2, 0.25) is 11.8 Å². The molecule has 1 fully saturated rings. The number of thioether (sulfide) groups is 1. The van der Waals surface area contributed by atoms with Crippen molar-refractivity contribution in [3.8, 4) is 0 Å². The number of carbonyl (C=O) groups excluding carboxylic acids is 4. The van der Waals surface area contributed by atoms with Crippen LogP contribution in [-0.4, -0.2) is 57.9 Å². The summed E-state index contributed by atoms with van der Waals surface area (Å²) in [7, 11) is 0. The number of rotatable bonds is 7. The van der Waals surface area contributed by atoms with E-state index in [-0.39, 0.29) is 17.6 Å². The Hall–Kier alpha value is -2.36. The van der Waals surface area contributed by atoms with E-state index in [1.807, 2.05) is 0 Å². The normalized spacial score (nSPS) is 15.1. The van der Waals surface area contributed by atoms with Crippen LogP contribution in [0.3, 0.4) is 0 Å². The van der Waals surface area contributed by atoms with Gasteiger partial charge in [-0.1, -0.05) is 5.16 Å². The molecule has 0 unspecified atom stereocenters. The molecule has 0 aliphatic carbocycles. The Morgan fingerprint density at radius 3 is 2.84 bits per heavy atom. The molecular formula is C15H19N3O6S. The summed E-state index contributed by atoms with van der Waals surface area (Å²) in [5.74, 6) is -0.935. The third kappa shape index (κ3) is 5.59.